The van der Waals surface area contributed by atoms with Gasteiger partial charge in [-0.15, -0.1) is 0 Å². The molecule has 0 saturated heterocycles. The number of amides is 3. The maximum absolute atomic E-state index is 12.8. The standard InChI is InChI=1S/C21H16N2O3/c1-13-8-10-15(11-9-13)22-18(24)12-23-20(25)16-6-2-4-14-5-3-7-17(19(14)16)21(23)26/h2-11H,12H2,1H3,(H,22,24). The number of benzene rings is 3. The fourth-order valence-electron chi connectivity index (χ4n) is 3.21. The number of carbonyl (C=O) groups excluding carboxylic acids is 3. The Labute approximate surface area is 150 Å². The molecule has 3 aromatic rings. The molecule has 0 bridgehead atoms. The minimum Gasteiger partial charge on any atom is -0.325 e. The van der Waals surface area contributed by atoms with Crippen LogP contribution in [-0.4, -0.2) is 29.2 Å². The highest BCUT2D eigenvalue weighted by Gasteiger charge is 2.33. The lowest BCUT2D eigenvalue weighted by Crippen LogP contribution is -2.44. The van der Waals surface area contributed by atoms with Gasteiger partial charge in [-0.25, -0.2) is 0 Å². The highest BCUT2D eigenvalue weighted by Crippen LogP contribution is 2.29. The minimum absolute atomic E-state index is 0.323. The van der Waals surface area contributed by atoms with Gasteiger partial charge in [0.05, 0.1) is 0 Å². The van der Waals surface area contributed by atoms with Crippen molar-refractivity contribution in [2.75, 3.05) is 11.9 Å². The van der Waals surface area contributed by atoms with Gasteiger partial charge in [-0.3, -0.25) is 19.3 Å². The first-order chi connectivity index (χ1) is 12.5. The summed E-state index contributed by atoms with van der Waals surface area (Å²) in [7, 11) is 0. The average Bonchev–Trinajstić information content (AvgIpc) is 2.65. The Hall–Kier alpha value is -3.47. The largest absolute Gasteiger partial charge is 0.325 e. The van der Waals surface area contributed by atoms with E-state index in [2.05, 4.69) is 5.32 Å². The van der Waals surface area contributed by atoms with E-state index in [-0.39, 0.29) is 6.54 Å². The molecular formula is C21H16N2O3. The number of rotatable bonds is 3. The van der Waals surface area contributed by atoms with E-state index in [4.69, 9.17) is 0 Å². The van der Waals surface area contributed by atoms with Gasteiger partial charge in [0.1, 0.15) is 6.54 Å². The van der Waals surface area contributed by atoms with Crippen molar-refractivity contribution in [1.29, 1.82) is 0 Å². The number of hydrogen-bond acceptors (Lipinski definition) is 3. The van der Waals surface area contributed by atoms with Crippen LogP contribution in [0.15, 0.2) is 60.7 Å². The molecule has 26 heavy (non-hydrogen) atoms. The molecule has 5 heteroatoms. The van der Waals surface area contributed by atoms with Crippen LogP contribution in [-0.2, 0) is 4.79 Å². The third-order valence-electron chi connectivity index (χ3n) is 4.49. The van der Waals surface area contributed by atoms with Gasteiger partial charge >= 0.3 is 0 Å². The third-order valence-corrected chi connectivity index (χ3v) is 4.49. The zero-order valence-electron chi connectivity index (χ0n) is 14.2. The van der Waals surface area contributed by atoms with Crippen molar-refractivity contribution in [3.05, 3.63) is 77.4 Å². The van der Waals surface area contributed by atoms with Crippen LogP contribution in [0.5, 0.6) is 0 Å². The van der Waals surface area contributed by atoms with Crippen molar-refractivity contribution < 1.29 is 14.4 Å². The number of nitrogens with zero attached hydrogens (tertiary/aromatic N) is 1. The number of aryl methyl sites for hydroxylation is 1. The molecule has 0 unspecified atom stereocenters. The molecule has 128 valence electrons. The second kappa shape index (κ2) is 6.11. The molecule has 5 nitrogen and oxygen atoms in total. The summed E-state index contributed by atoms with van der Waals surface area (Å²) in [6.45, 7) is 1.63. The van der Waals surface area contributed by atoms with Crippen LogP contribution in [0, 0.1) is 6.92 Å². The lowest BCUT2D eigenvalue weighted by atomic mass is 9.94. The molecule has 3 amide bonds. The Morgan fingerprint density at radius 2 is 1.46 bits per heavy atom. The fourth-order valence-corrected chi connectivity index (χ4v) is 3.21. The van der Waals surface area contributed by atoms with E-state index in [1.165, 1.54) is 0 Å². The zero-order valence-corrected chi connectivity index (χ0v) is 14.2. The molecule has 0 spiro atoms. The molecular weight excluding hydrogens is 328 g/mol. The van der Waals surface area contributed by atoms with Crippen molar-refractivity contribution in [2.45, 2.75) is 6.92 Å². The summed E-state index contributed by atoms with van der Waals surface area (Å²) < 4.78 is 0. The Bertz CT molecular complexity index is 1000. The topological polar surface area (TPSA) is 66.5 Å². The molecule has 0 atom stereocenters. The molecule has 0 aromatic heterocycles. The van der Waals surface area contributed by atoms with E-state index in [1.807, 2.05) is 31.2 Å². The highest BCUT2D eigenvalue weighted by atomic mass is 16.2. The number of anilines is 1. The summed E-state index contributed by atoms with van der Waals surface area (Å²) in [5, 5.41) is 4.21. The number of nitrogens with one attached hydrogen (secondary N) is 1. The maximum Gasteiger partial charge on any atom is 0.261 e. The van der Waals surface area contributed by atoms with E-state index in [9.17, 15) is 14.4 Å². The van der Waals surface area contributed by atoms with E-state index in [0.717, 1.165) is 15.8 Å². The lowest BCUT2D eigenvalue weighted by molar-refractivity contribution is -0.116. The molecule has 1 N–H and O–H groups in total. The fraction of sp³-hybridized carbons (Fsp3) is 0.0952. The van der Waals surface area contributed by atoms with E-state index < -0.39 is 17.7 Å². The van der Waals surface area contributed by atoms with Crippen LogP contribution in [0.3, 0.4) is 0 Å². The van der Waals surface area contributed by atoms with Gasteiger partial charge < -0.3 is 5.32 Å². The highest BCUT2D eigenvalue weighted by molar-refractivity contribution is 6.26. The van der Waals surface area contributed by atoms with Gasteiger partial charge in [-0.05, 0) is 36.6 Å². The van der Waals surface area contributed by atoms with Gasteiger partial charge in [-0.2, -0.15) is 0 Å². The summed E-state index contributed by atoms with van der Waals surface area (Å²) in [6.07, 6.45) is 0. The maximum atomic E-state index is 12.8. The average molecular weight is 344 g/mol. The summed E-state index contributed by atoms with van der Waals surface area (Å²) in [5.41, 5.74) is 2.59. The molecule has 3 aromatic carbocycles. The summed E-state index contributed by atoms with van der Waals surface area (Å²) in [5.74, 6) is -1.31. The normalized spacial score (nSPS) is 13.2. The van der Waals surface area contributed by atoms with E-state index in [1.54, 1.807) is 36.4 Å². The quantitative estimate of drug-likeness (QED) is 0.741. The van der Waals surface area contributed by atoms with E-state index in [0.29, 0.717) is 22.2 Å². The van der Waals surface area contributed by atoms with Crippen LogP contribution < -0.4 is 5.32 Å². The summed E-state index contributed by atoms with van der Waals surface area (Å²) >= 11 is 0. The van der Waals surface area contributed by atoms with Crippen molar-refractivity contribution in [1.82, 2.24) is 4.90 Å². The second-order valence-electron chi connectivity index (χ2n) is 6.32. The molecule has 0 aliphatic carbocycles. The van der Waals surface area contributed by atoms with Crippen LogP contribution >= 0.6 is 0 Å². The predicted octanol–water partition coefficient (Wildman–Crippen LogP) is 3.38. The molecule has 1 aliphatic rings. The van der Waals surface area contributed by atoms with Gasteiger partial charge in [0.25, 0.3) is 11.8 Å². The van der Waals surface area contributed by atoms with Crippen molar-refractivity contribution in [3.63, 3.8) is 0 Å². The molecule has 4 rings (SSSR count). The number of carbonyl (C=O) groups is 3. The Morgan fingerprint density at radius 1 is 0.885 bits per heavy atom. The second-order valence-corrected chi connectivity index (χ2v) is 6.32. The summed E-state index contributed by atoms with van der Waals surface area (Å²) in [6, 6.07) is 18.0. The number of hydrogen-bond donors (Lipinski definition) is 1. The van der Waals surface area contributed by atoms with E-state index >= 15 is 0 Å². The molecule has 0 saturated carbocycles. The van der Waals surface area contributed by atoms with Gasteiger partial charge in [0, 0.05) is 22.2 Å². The van der Waals surface area contributed by atoms with Gasteiger partial charge in [0.15, 0.2) is 0 Å². The Kier molecular flexibility index (Phi) is 3.77. The first-order valence-corrected chi connectivity index (χ1v) is 8.29. The first-order valence-electron chi connectivity index (χ1n) is 8.29. The Morgan fingerprint density at radius 3 is 2.04 bits per heavy atom. The van der Waals surface area contributed by atoms with Crippen molar-refractivity contribution >= 4 is 34.2 Å². The SMILES string of the molecule is Cc1ccc(NC(=O)CN2C(=O)c3cccc4cccc(c34)C2=O)cc1. The minimum atomic E-state index is -0.446. The Balaban J connectivity index is 1.62. The van der Waals surface area contributed by atoms with Crippen molar-refractivity contribution in [3.8, 4) is 0 Å². The lowest BCUT2D eigenvalue weighted by Gasteiger charge is -2.26. The van der Waals surface area contributed by atoms with Crippen molar-refractivity contribution in [2.24, 2.45) is 0 Å². The smallest absolute Gasteiger partial charge is 0.261 e. The molecule has 0 fully saturated rings. The van der Waals surface area contributed by atoms with Crippen LogP contribution in [0.25, 0.3) is 10.8 Å². The van der Waals surface area contributed by atoms with Crippen LogP contribution in [0.4, 0.5) is 5.69 Å². The molecule has 0 radical (unpaired) electrons. The monoisotopic (exact) mass is 344 g/mol. The van der Waals surface area contributed by atoms with Gasteiger partial charge in [0.2, 0.25) is 5.91 Å². The van der Waals surface area contributed by atoms with Crippen LogP contribution in [0.2, 0.25) is 0 Å². The summed E-state index contributed by atoms with van der Waals surface area (Å²) in [4.78, 5) is 38.9. The number of imide groups is 1. The predicted molar refractivity (Wildman–Crippen MR) is 99.1 cm³/mol. The molecule has 1 aliphatic heterocycles. The third kappa shape index (κ3) is 2.63. The first kappa shape index (κ1) is 16.0. The zero-order chi connectivity index (χ0) is 18.3. The molecule has 1 heterocycles. The van der Waals surface area contributed by atoms with Crippen LogP contribution in [0.1, 0.15) is 26.3 Å². The van der Waals surface area contributed by atoms with Gasteiger partial charge in [-0.1, -0.05) is 42.0 Å².